The lowest BCUT2D eigenvalue weighted by Crippen LogP contribution is -2.33. The summed E-state index contributed by atoms with van der Waals surface area (Å²) in [5.74, 6) is -1.26. The minimum Gasteiger partial charge on any atom is -0.382 e. The molecule has 2 saturated heterocycles. The van der Waals surface area contributed by atoms with Crippen LogP contribution < -0.4 is 5.73 Å². The maximum absolute atomic E-state index is 14.2. The molecule has 15 heteroatoms. The highest BCUT2D eigenvalue weighted by atomic mass is 31.2. The molecule has 2 aliphatic heterocycles. The summed E-state index contributed by atoms with van der Waals surface area (Å²) in [7, 11) is -4.69. The molecular formula is C43H63FN5O8P. The third-order valence-corrected chi connectivity index (χ3v) is 12.8. The highest BCUT2D eigenvalue weighted by Crippen LogP contribution is 2.74. The van der Waals surface area contributed by atoms with Gasteiger partial charge in [-0.2, -0.15) is 10.4 Å². The maximum Gasteiger partial charge on any atom is 0.472 e. The standard InChI is InChI=1S/C43H63FN5O8P/c1-5-6-7-8-9-10-11-12-13-14-15-16-17-18-19-20-21-34(52-28-32-24-31(27-45)25-33(44)26-32)29-53-58(50,51)56-40-42(4)43(40)38(55-41(2,3)57-43)37(54-42)35-22-23-36-39(46)47-30-48-49(35)36/h22-26,30,34,37-38,40H,5-21,28-29H2,1-4H3,(H,50,51)(H2,46,47,48)/t34-,37-,38-,40?,42+,43?/m0/s1. The van der Waals surface area contributed by atoms with E-state index in [2.05, 4.69) is 17.0 Å². The van der Waals surface area contributed by atoms with Crippen molar-refractivity contribution in [2.45, 2.75) is 185 Å². The normalized spacial score (nSPS) is 26.0. The Labute approximate surface area is 342 Å². The van der Waals surface area contributed by atoms with Crippen molar-refractivity contribution < 1.29 is 41.8 Å². The molecule has 320 valence electrons. The van der Waals surface area contributed by atoms with Crippen molar-refractivity contribution in [2.24, 2.45) is 0 Å². The number of hydrogen-bond donors (Lipinski definition) is 2. The number of ether oxygens (including phenoxy) is 4. The van der Waals surface area contributed by atoms with Crippen LogP contribution in [0.25, 0.3) is 5.52 Å². The monoisotopic (exact) mass is 827 g/mol. The molecule has 1 aromatic carbocycles. The minimum atomic E-state index is -4.69. The van der Waals surface area contributed by atoms with Crippen LogP contribution in [0.2, 0.25) is 0 Å². The molecule has 0 bridgehead atoms. The number of benzene rings is 1. The molecule has 1 saturated carbocycles. The Morgan fingerprint density at radius 1 is 0.966 bits per heavy atom. The third kappa shape index (κ3) is 10.5. The second kappa shape index (κ2) is 19.6. The van der Waals surface area contributed by atoms with Crippen LogP contribution in [0.15, 0.2) is 36.7 Å². The average molecular weight is 828 g/mol. The second-order valence-corrected chi connectivity index (χ2v) is 18.3. The molecule has 2 aromatic heterocycles. The number of nitriles is 1. The number of phosphoric ester groups is 1. The zero-order valence-electron chi connectivity index (χ0n) is 34.7. The van der Waals surface area contributed by atoms with Crippen LogP contribution in [-0.2, 0) is 39.2 Å². The van der Waals surface area contributed by atoms with E-state index in [1.807, 2.05) is 12.1 Å². The van der Waals surface area contributed by atoms with Crippen LogP contribution in [0.1, 0.15) is 160 Å². The molecule has 1 aliphatic carbocycles. The Hall–Kier alpha value is -2.99. The number of anilines is 1. The number of nitrogens with zero attached hydrogens (tertiary/aromatic N) is 4. The Morgan fingerprint density at radius 2 is 1.60 bits per heavy atom. The van der Waals surface area contributed by atoms with Crippen LogP contribution in [-0.4, -0.2) is 61.4 Å². The summed E-state index contributed by atoms with van der Waals surface area (Å²) >= 11 is 0. The van der Waals surface area contributed by atoms with Crippen molar-refractivity contribution >= 4 is 19.2 Å². The van der Waals surface area contributed by atoms with Crippen molar-refractivity contribution in [1.29, 1.82) is 5.26 Å². The number of unbranched alkanes of at least 4 members (excludes halogenated alkanes) is 15. The van der Waals surface area contributed by atoms with Gasteiger partial charge in [-0.3, -0.25) is 9.05 Å². The molecule has 3 aromatic rings. The van der Waals surface area contributed by atoms with E-state index in [0.717, 1.165) is 31.7 Å². The number of nitrogen functional groups attached to an aromatic ring is 1. The molecule has 3 unspecified atom stereocenters. The topological polar surface area (TPSA) is 173 Å². The summed E-state index contributed by atoms with van der Waals surface area (Å²) in [6.45, 7) is 7.34. The molecular weight excluding hydrogens is 764 g/mol. The minimum absolute atomic E-state index is 0.00186. The maximum atomic E-state index is 14.2. The van der Waals surface area contributed by atoms with Crippen molar-refractivity contribution in [3.8, 4) is 6.07 Å². The first-order valence-electron chi connectivity index (χ1n) is 21.4. The van der Waals surface area contributed by atoms with E-state index in [4.69, 9.17) is 33.7 Å². The molecule has 3 N–H and O–H groups in total. The van der Waals surface area contributed by atoms with Gasteiger partial charge in [-0.15, -0.1) is 0 Å². The smallest absolute Gasteiger partial charge is 0.382 e. The summed E-state index contributed by atoms with van der Waals surface area (Å²) < 4.78 is 66.4. The lowest BCUT2D eigenvalue weighted by molar-refractivity contribution is -0.186. The first-order valence-corrected chi connectivity index (χ1v) is 22.9. The second-order valence-electron chi connectivity index (χ2n) is 16.9. The van der Waals surface area contributed by atoms with Gasteiger partial charge in [-0.25, -0.2) is 18.5 Å². The van der Waals surface area contributed by atoms with Gasteiger partial charge < -0.3 is 29.6 Å². The molecule has 3 fully saturated rings. The number of aromatic nitrogens is 3. The van der Waals surface area contributed by atoms with Gasteiger partial charge in [0.05, 0.1) is 36.6 Å². The fourth-order valence-corrected chi connectivity index (χ4v) is 9.89. The fraction of sp³-hybridized carbons (Fsp3) is 0.698. The van der Waals surface area contributed by atoms with E-state index in [9.17, 15) is 19.1 Å². The van der Waals surface area contributed by atoms with Crippen molar-refractivity contribution in [1.82, 2.24) is 14.6 Å². The van der Waals surface area contributed by atoms with Gasteiger partial charge in [0.1, 0.15) is 41.6 Å². The predicted molar refractivity (Wildman–Crippen MR) is 217 cm³/mol. The number of rotatable bonds is 26. The van der Waals surface area contributed by atoms with Gasteiger partial charge in [0.15, 0.2) is 17.2 Å². The van der Waals surface area contributed by atoms with Crippen molar-refractivity contribution in [3.05, 3.63) is 59.3 Å². The molecule has 58 heavy (non-hydrogen) atoms. The van der Waals surface area contributed by atoms with Gasteiger partial charge in [-0.1, -0.05) is 110 Å². The number of phosphoric acid groups is 1. The van der Waals surface area contributed by atoms with Crippen LogP contribution in [0.3, 0.4) is 0 Å². The molecule has 3 aliphatic rings. The van der Waals surface area contributed by atoms with E-state index >= 15 is 0 Å². The number of nitrogens with two attached hydrogens (primary N) is 1. The highest BCUT2D eigenvalue weighted by Gasteiger charge is 2.92. The number of fused-ring (bicyclic) bond motifs is 1. The van der Waals surface area contributed by atoms with E-state index in [0.29, 0.717) is 29.0 Å². The predicted octanol–water partition coefficient (Wildman–Crippen LogP) is 9.80. The van der Waals surface area contributed by atoms with Gasteiger partial charge in [0.25, 0.3) is 0 Å². The fourth-order valence-electron chi connectivity index (χ4n) is 8.85. The molecule has 0 radical (unpaired) electrons. The largest absolute Gasteiger partial charge is 0.472 e. The van der Waals surface area contributed by atoms with Crippen LogP contribution in [0.5, 0.6) is 0 Å². The van der Waals surface area contributed by atoms with E-state index < -0.39 is 55.0 Å². The molecule has 13 nitrogen and oxygen atoms in total. The SMILES string of the molecule is CCCCCCCCCCCCCCCCCC[C@@H](COP(=O)(O)OC1C23OC(C)(C)O[C@H]2[C@H](c2ccc4c(N)ncnn24)O[C@]13C)OCc1cc(F)cc(C#N)c1. The number of hydrogen-bond acceptors (Lipinski definition) is 11. The van der Waals surface area contributed by atoms with Crippen molar-refractivity contribution in [2.75, 3.05) is 12.3 Å². The lowest BCUT2D eigenvalue weighted by atomic mass is 10.0. The highest BCUT2D eigenvalue weighted by molar-refractivity contribution is 7.47. The Balaban J connectivity index is 0.990. The summed E-state index contributed by atoms with van der Waals surface area (Å²) in [4.78, 5) is 15.2. The third-order valence-electron chi connectivity index (χ3n) is 11.9. The summed E-state index contributed by atoms with van der Waals surface area (Å²) in [6, 6.07) is 9.64. The van der Waals surface area contributed by atoms with Crippen LogP contribution in [0, 0.1) is 17.1 Å². The van der Waals surface area contributed by atoms with Gasteiger partial charge in [-0.05, 0) is 63.1 Å². The zero-order valence-corrected chi connectivity index (χ0v) is 35.6. The molecule has 0 amide bonds. The summed E-state index contributed by atoms with van der Waals surface area (Å²) in [6.07, 6.45) is 19.0. The quantitative estimate of drug-likeness (QED) is 0.0580. The van der Waals surface area contributed by atoms with Gasteiger partial charge in [0, 0.05) is 0 Å². The van der Waals surface area contributed by atoms with E-state index in [-0.39, 0.29) is 18.8 Å². The van der Waals surface area contributed by atoms with Crippen LogP contribution in [0.4, 0.5) is 10.2 Å². The van der Waals surface area contributed by atoms with Gasteiger partial charge in [0.2, 0.25) is 0 Å². The Morgan fingerprint density at radius 3 is 2.24 bits per heavy atom. The van der Waals surface area contributed by atoms with Gasteiger partial charge >= 0.3 is 7.82 Å². The summed E-state index contributed by atoms with van der Waals surface area (Å²) in [5, 5.41) is 13.7. The van der Waals surface area contributed by atoms with Crippen molar-refractivity contribution in [3.63, 3.8) is 0 Å². The van der Waals surface area contributed by atoms with E-state index in [1.165, 1.54) is 89.4 Å². The van der Waals surface area contributed by atoms with Crippen LogP contribution >= 0.6 is 7.82 Å². The zero-order chi connectivity index (χ0) is 41.4. The first-order chi connectivity index (χ1) is 27.8. The average Bonchev–Trinajstić information content (AvgIpc) is 3.57. The molecule has 4 heterocycles. The Bertz CT molecular complexity index is 1910. The first kappa shape index (κ1) is 44.6. The molecule has 1 spiro atoms. The Kier molecular flexibility index (Phi) is 15.1. The molecule has 6 rings (SSSR count). The van der Waals surface area contributed by atoms with E-state index in [1.54, 1.807) is 37.4 Å². The summed E-state index contributed by atoms with van der Waals surface area (Å²) in [5.41, 5.74) is 5.67. The molecule has 7 atom stereocenters. The lowest BCUT2D eigenvalue weighted by Gasteiger charge is -2.25. The number of halogens is 1.